The number of amides is 2. The number of Topliss-reactive ketones (excluding diaryl/α,β-unsaturated/α-hetero) is 1. The molecule has 0 aliphatic rings. The Morgan fingerprint density at radius 1 is 0.800 bits per heavy atom. The molecule has 0 aromatic heterocycles. The van der Waals surface area contributed by atoms with Gasteiger partial charge in [0.05, 0.1) is 6.04 Å². The van der Waals surface area contributed by atoms with Gasteiger partial charge in [0.2, 0.25) is 5.91 Å². The third-order valence-electron chi connectivity index (χ3n) is 5.78. The van der Waals surface area contributed by atoms with Gasteiger partial charge in [-0.2, -0.15) is 0 Å². The maximum atomic E-state index is 13.3. The lowest BCUT2D eigenvalue weighted by Gasteiger charge is -2.24. The van der Waals surface area contributed by atoms with E-state index in [1.54, 1.807) is 0 Å². The third kappa shape index (κ3) is 10.7. The largest absolute Gasteiger partial charge is 0.445 e. The number of hydrogen-bond acceptors (Lipinski definition) is 5. The summed E-state index contributed by atoms with van der Waals surface area (Å²) in [5.41, 5.74) is 1.92. The molecule has 0 aliphatic heterocycles. The van der Waals surface area contributed by atoms with Crippen molar-refractivity contribution in [1.29, 1.82) is 0 Å². The topological polar surface area (TPSA) is 96.5 Å². The van der Waals surface area contributed by atoms with E-state index < -0.39 is 18.2 Å². The van der Waals surface area contributed by atoms with Crippen molar-refractivity contribution in [2.75, 3.05) is 13.6 Å². The van der Waals surface area contributed by atoms with E-state index in [-0.39, 0.29) is 24.2 Å². The van der Waals surface area contributed by atoms with Gasteiger partial charge in [0.1, 0.15) is 12.6 Å². The van der Waals surface area contributed by atoms with Crippen LogP contribution >= 0.6 is 0 Å². The minimum Gasteiger partial charge on any atom is -0.445 e. The first-order valence-electron chi connectivity index (χ1n) is 12.4. The number of carbonyl (C=O) groups is 3. The van der Waals surface area contributed by atoms with Crippen LogP contribution < -0.4 is 16.0 Å². The first kappa shape index (κ1) is 28.1. The van der Waals surface area contributed by atoms with Crippen molar-refractivity contribution < 1.29 is 19.1 Å². The SMILES string of the molecule is CNCCCC[C@H](NC(=O)[C@H](CCc1ccccc1)NC(=O)OCc1ccccc1)C(=O)C(C)C. The Labute approximate surface area is 209 Å². The van der Waals surface area contributed by atoms with E-state index >= 15 is 0 Å². The van der Waals surface area contributed by atoms with Gasteiger partial charge < -0.3 is 20.7 Å². The second-order valence-corrected chi connectivity index (χ2v) is 9.00. The number of carbonyl (C=O) groups excluding carboxylic acids is 3. The van der Waals surface area contributed by atoms with E-state index in [1.165, 1.54) is 0 Å². The van der Waals surface area contributed by atoms with Gasteiger partial charge in [-0.25, -0.2) is 4.79 Å². The molecule has 0 fully saturated rings. The molecule has 0 saturated carbocycles. The number of benzene rings is 2. The Balaban J connectivity index is 2.05. The first-order chi connectivity index (χ1) is 16.9. The van der Waals surface area contributed by atoms with Crippen LogP contribution in [0.5, 0.6) is 0 Å². The van der Waals surface area contributed by atoms with Gasteiger partial charge in [-0.15, -0.1) is 0 Å². The molecule has 7 heteroatoms. The van der Waals surface area contributed by atoms with Gasteiger partial charge in [-0.05, 0) is 56.8 Å². The van der Waals surface area contributed by atoms with Gasteiger partial charge >= 0.3 is 6.09 Å². The lowest BCUT2D eigenvalue weighted by molar-refractivity contribution is -0.130. The summed E-state index contributed by atoms with van der Waals surface area (Å²) in [6.45, 7) is 4.63. The zero-order valence-electron chi connectivity index (χ0n) is 21.1. The van der Waals surface area contributed by atoms with E-state index in [1.807, 2.05) is 81.6 Å². The van der Waals surface area contributed by atoms with Crippen molar-refractivity contribution in [2.45, 2.75) is 64.6 Å². The summed E-state index contributed by atoms with van der Waals surface area (Å²) < 4.78 is 5.34. The molecule has 0 aliphatic carbocycles. The third-order valence-corrected chi connectivity index (χ3v) is 5.78. The lowest BCUT2D eigenvalue weighted by atomic mass is 9.96. The van der Waals surface area contributed by atoms with Crippen LogP contribution in [-0.4, -0.2) is 43.5 Å². The number of hydrogen-bond donors (Lipinski definition) is 3. The normalized spacial score (nSPS) is 12.6. The maximum Gasteiger partial charge on any atom is 0.408 e. The van der Waals surface area contributed by atoms with Crippen molar-refractivity contribution in [3.05, 3.63) is 71.8 Å². The molecule has 35 heavy (non-hydrogen) atoms. The monoisotopic (exact) mass is 481 g/mol. The molecule has 2 rings (SSSR count). The van der Waals surface area contributed by atoms with E-state index in [4.69, 9.17) is 4.74 Å². The maximum absolute atomic E-state index is 13.3. The Kier molecular flexibility index (Phi) is 12.6. The molecule has 2 atom stereocenters. The molecule has 0 unspecified atom stereocenters. The van der Waals surface area contributed by atoms with Crippen LogP contribution in [-0.2, 0) is 27.4 Å². The van der Waals surface area contributed by atoms with Gasteiger partial charge in [-0.1, -0.05) is 74.5 Å². The number of alkyl carbamates (subject to hydrolysis) is 1. The summed E-state index contributed by atoms with van der Waals surface area (Å²) in [5.74, 6) is -0.572. The highest BCUT2D eigenvalue weighted by Crippen LogP contribution is 2.11. The summed E-state index contributed by atoms with van der Waals surface area (Å²) in [7, 11) is 1.89. The predicted molar refractivity (Wildman–Crippen MR) is 138 cm³/mol. The fourth-order valence-corrected chi connectivity index (χ4v) is 3.74. The van der Waals surface area contributed by atoms with Gasteiger partial charge in [0.25, 0.3) is 0 Å². The first-order valence-corrected chi connectivity index (χ1v) is 12.4. The van der Waals surface area contributed by atoms with Crippen molar-refractivity contribution in [1.82, 2.24) is 16.0 Å². The van der Waals surface area contributed by atoms with Crippen molar-refractivity contribution in [3.8, 4) is 0 Å². The smallest absolute Gasteiger partial charge is 0.408 e. The van der Waals surface area contributed by atoms with E-state index in [0.29, 0.717) is 19.3 Å². The fraction of sp³-hybridized carbons (Fsp3) is 0.464. The minimum absolute atomic E-state index is 0.00345. The van der Waals surface area contributed by atoms with Crippen LogP contribution in [0, 0.1) is 5.92 Å². The molecular formula is C28H39N3O4. The molecule has 0 heterocycles. The summed E-state index contributed by atoms with van der Waals surface area (Å²) in [5, 5.41) is 8.72. The Morgan fingerprint density at radius 3 is 2.03 bits per heavy atom. The highest BCUT2D eigenvalue weighted by atomic mass is 16.5. The molecule has 0 saturated heterocycles. The summed E-state index contributed by atoms with van der Waals surface area (Å²) in [6, 6.07) is 17.7. The Bertz CT molecular complexity index is 903. The standard InChI is InChI=1S/C28H39N3O4/c1-21(2)26(32)24(16-10-11-19-29-3)30-27(33)25(18-17-22-12-6-4-7-13-22)31-28(34)35-20-23-14-8-5-9-15-23/h4-9,12-15,21,24-25,29H,10-11,16-20H2,1-3H3,(H,30,33)(H,31,34)/t24-,25-/m0/s1. The van der Waals surface area contributed by atoms with Gasteiger partial charge in [-0.3, -0.25) is 9.59 Å². The van der Waals surface area contributed by atoms with Crippen LogP contribution in [0.25, 0.3) is 0 Å². The number of unbranched alkanes of at least 4 members (excludes halogenated alkanes) is 1. The average molecular weight is 482 g/mol. The average Bonchev–Trinajstić information content (AvgIpc) is 2.87. The van der Waals surface area contributed by atoms with Crippen LogP contribution in [0.15, 0.2) is 60.7 Å². The van der Waals surface area contributed by atoms with Crippen molar-refractivity contribution in [3.63, 3.8) is 0 Å². The molecule has 0 spiro atoms. The number of nitrogens with one attached hydrogen (secondary N) is 3. The summed E-state index contributed by atoms with van der Waals surface area (Å²) >= 11 is 0. The second-order valence-electron chi connectivity index (χ2n) is 9.00. The molecule has 2 amide bonds. The fourth-order valence-electron chi connectivity index (χ4n) is 3.74. The lowest BCUT2D eigenvalue weighted by Crippen LogP contribution is -2.52. The van der Waals surface area contributed by atoms with E-state index in [2.05, 4.69) is 16.0 Å². The van der Waals surface area contributed by atoms with Crippen LogP contribution in [0.1, 0.15) is 50.7 Å². The van der Waals surface area contributed by atoms with Crippen LogP contribution in [0.4, 0.5) is 4.79 Å². The molecule has 7 nitrogen and oxygen atoms in total. The summed E-state index contributed by atoms with van der Waals surface area (Å²) in [4.78, 5) is 38.6. The highest BCUT2D eigenvalue weighted by molar-refractivity contribution is 5.92. The predicted octanol–water partition coefficient (Wildman–Crippen LogP) is 4.01. The van der Waals surface area contributed by atoms with Gasteiger partial charge in [0, 0.05) is 5.92 Å². The Morgan fingerprint density at radius 2 is 1.43 bits per heavy atom. The molecular weight excluding hydrogens is 442 g/mol. The molecule has 190 valence electrons. The zero-order chi connectivity index (χ0) is 25.5. The molecule has 2 aromatic carbocycles. The summed E-state index contributed by atoms with van der Waals surface area (Å²) in [6.07, 6.45) is 2.61. The number of rotatable bonds is 15. The molecule has 3 N–H and O–H groups in total. The highest BCUT2D eigenvalue weighted by Gasteiger charge is 2.28. The van der Waals surface area contributed by atoms with E-state index in [9.17, 15) is 14.4 Å². The Hall–Kier alpha value is -3.19. The zero-order valence-corrected chi connectivity index (χ0v) is 21.1. The quantitative estimate of drug-likeness (QED) is 0.334. The van der Waals surface area contributed by atoms with Gasteiger partial charge in [0.15, 0.2) is 5.78 Å². The van der Waals surface area contributed by atoms with Crippen LogP contribution in [0.3, 0.4) is 0 Å². The number of ether oxygens (including phenoxy) is 1. The van der Waals surface area contributed by atoms with Crippen molar-refractivity contribution >= 4 is 17.8 Å². The molecule has 0 radical (unpaired) electrons. The number of aryl methyl sites for hydroxylation is 1. The molecule has 2 aromatic rings. The second kappa shape index (κ2) is 15.7. The van der Waals surface area contributed by atoms with Crippen LogP contribution in [0.2, 0.25) is 0 Å². The van der Waals surface area contributed by atoms with Crippen molar-refractivity contribution in [2.24, 2.45) is 5.92 Å². The van der Waals surface area contributed by atoms with E-state index in [0.717, 1.165) is 30.5 Å². The molecule has 0 bridgehead atoms. The number of ketones is 1. The minimum atomic E-state index is -0.821.